The van der Waals surface area contributed by atoms with E-state index in [2.05, 4.69) is 4.99 Å². The molecule has 23 heavy (non-hydrogen) atoms. The van der Waals surface area contributed by atoms with Crippen molar-refractivity contribution in [2.24, 2.45) is 10.7 Å². The number of fused-ring (bicyclic) bond motifs is 1. The van der Waals surface area contributed by atoms with Crippen molar-refractivity contribution in [3.63, 3.8) is 0 Å². The quantitative estimate of drug-likeness (QED) is 0.817. The number of amides is 1. The molecule has 0 bridgehead atoms. The molecule has 0 aromatic heterocycles. The number of carbonyl (C=O) groups excluding carboxylic acids is 1. The first-order valence-electron chi connectivity index (χ1n) is 6.86. The molecular formula is C17H13ClFN3O. The van der Waals surface area contributed by atoms with Crippen molar-refractivity contribution >= 4 is 28.9 Å². The number of benzodiazepines with no additional fused rings is 1. The Balaban J connectivity index is 2.36. The molecule has 0 spiro atoms. The average Bonchev–Trinajstić information content (AvgIpc) is 2.65. The molecule has 0 fully saturated rings. The summed E-state index contributed by atoms with van der Waals surface area (Å²) < 4.78 is 13.8. The summed E-state index contributed by atoms with van der Waals surface area (Å²) >= 11 is 6.26. The number of nitrogens with zero attached hydrogens (tertiary/aromatic N) is 2. The Morgan fingerprint density at radius 1 is 1.22 bits per heavy atom. The van der Waals surface area contributed by atoms with Gasteiger partial charge in [0.1, 0.15) is 11.5 Å². The van der Waals surface area contributed by atoms with Gasteiger partial charge in [0.05, 0.1) is 11.4 Å². The van der Waals surface area contributed by atoms with Crippen molar-refractivity contribution in [2.45, 2.75) is 0 Å². The maximum absolute atomic E-state index is 13.8. The van der Waals surface area contributed by atoms with Crippen molar-refractivity contribution < 1.29 is 9.18 Å². The molecule has 1 aliphatic heterocycles. The third-order valence-electron chi connectivity index (χ3n) is 3.62. The van der Waals surface area contributed by atoms with E-state index in [0.29, 0.717) is 27.5 Å². The highest BCUT2D eigenvalue weighted by molar-refractivity contribution is 6.36. The number of anilines is 1. The molecule has 0 unspecified atom stereocenters. The molecule has 116 valence electrons. The summed E-state index contributed by atoms with van der Waals surface area (Å²) in [6.45, 7) is 0. The fraction of sp³-hybridized carbons (Fsp3) is 0.0588. The Hall–Kier alpha value is -2.66. The van der Waals surface area contributed by atoms with Crippen molar-refractivity contribution in [1.82, 2.24) is 0 Å². The van der Waals surface area contributed by atoms with E-state index in [0.717, 1.165) is 6.20 Å². The lowest BCUT2D eigenvalue weighted by Crippen LogP contribution is -2.27. The SMILES string of the molecule is CN1C(=O)C(=CN)N=C(c2ccccc2Cl)c2cc(F)ccc21. The molecule has 1 heterocycles. The lowest BCUT2D eigenvalue weighted by atomic mass is 10.00. The topological polar surface area (TPSA) is 58.7 Å². The lowest BCUT2D eigenvalue weighted by Gasteiger charge is -2.18. The van der Waals surface area contributed by atoms with Gasteiger partial charge in [-0.25, -0.2) is 9.38 Å². The minimum absolute atomic E-state index is 0.0685. The normalized spacial score (nSPS) is 16.1. The van der Waals surface area contributed by atoms with Gasteiger partial charge in [-0.3, -0.25) is 4.79 Å². The van der Waals surface area contributed by atoms with Crippen LogP contribution in [0.4, 0.5) is 10.1 Å². The van der Waals surface area contributed by atoms with Crippen LogP contribution in [0.25, 0.3) is 0 Å². The number of halogens is 2. The van der Waals surface area contributed by atoms with Gasteiger partial charge in [-0.2, -0.15) is 0 Å². The summed E-state index contributed by atoms with van der Waals surface area (Å²) in [5.41, 5.74) is 7.63. The second-order valence-corrected chi connectivity index (χ2v) is 5.43. The zero-order chi connectivity index (χ0) is 16.6. The zero-order valence-corrected chi connectivity index (χ0v) is 13.0. The number of likely N-dealkylation sites (N-methyl/N-ethyl adjacent to an activating group) is 1. The molecule has 0 saturated carbocycles. The van der Waals surface area contributed by atoms with Crippen molar-refractivity contribution in [3.05, 3.63) is 76.3 Å². The molecule has 1 aliphatic rings. The third-order valence-corrected chi connectivity index (χ3v) is 3.95. The van der Waals surface area contributed by atoms with Crippen LogP contribution in [0, 0.1) is 5.82 Å². The molecule has 1 amide bonds. The molecule has 2 aromatic rings. The zero-order valence-electron chi connectivity index (χ0n) is 12.3. The fourth-order valence-electron chi connectivity index (χ4n) is 2.47. The molecule has 6 heteroatoms. The lowest BCUT2D eigenvalue weighted by molar-refractivity contribution is -0.114. The molecule has 0 atom stereocenters. The van der Waals surface area contributed by atoms with Gasteiger partial charge >= 0.3 is 0 Å². The second kappa shape index (κ2) is 5.85. The van der Waals surface area contributed by atoms with Crippen LogP contribution in [0.15, 0.2) is 59.4 Å². The van der Waals surface area contributed by atoms with E-state index in [-0.39, 0.29) is 11.6 Å². The van der Waals surface area contributed by atoms with E-state index in [1.165, 1.54) is 23.1 Å². The van der Waals surface area contributed by atoms with Gasteiger partial charge in [0.25, 0.3) is 5.91 Å². The summed E-state index contributed by atoms with van der Waals surface area (Å²) in [6, 6.07) is 11.2. The van der Waals surface area contributed by atoms with E-state index < -0.39 is 5.82 Å². The summed E-state index contributed by atoms with van der Waals surface area (Å²) in [5, 5.41) is 0.454. The molecule has 3 rings (SSSR count). The Kier molecular flexibility index (Phi) is 3.88. The predicted molar refractivity (Wildman–Crippen MR) is 89.2 cm³/mol. The molecule has 0 radical (unpaired) electrons. The highest BCUT2D eigenvalue weighted by atomic mass is 35.5. The smallest absolute Gasteiger partial charge is 0.278 e. The van der Waals surface area contributed by atoms with Crippen molar-refractivity contribution in [2.75, 3.05) is 11.9 Å². The monoisotopic (exact) mass is 329 g/mol. The number of carbonyl (C=O) groups is 1. The molecule has 0 aliphatic carbocycles. The van der Waals surface area contributed by atoms with Gasteiger partial charge in [-0.15, -0.1) is 0 Å². The number of rotatable bonds is 1. The fourth-order valence-corrected chi connectivity index (χ4v) is 2.69. The first-order valence-corrected chi connectivity index (χ1v) is 7.24. The minimum atomic E-state index is -0.426. The number of benzene rings is 2. The number of hydrogen-bond donors (Lipinski definition) is 1. The van der Waals surface area contributed by atoms with E-state index >= 15 is 0 Å². The molecular weight excluding hydrogens is 317 g/mol. The van der Waals surface area contributed by atoms with Gasteiger partial charge in [0.2, 0.25) is 0 Å². The van der Waals surface area contributed by atoms with Crippen LogP contribution >= 0.6 is 11.6 Å². The van der Waals surface area contributed by atoms with Crippen molar-refractivity contribution in [1.29, 1.82) is 0 Å². The van der Waals surface area contributed by atoms with Crippen LogP contribution in [-0.2, 0) is 4.79 Å². The number of nitrogens with two attached hydrogens (primary N) is 1. The standard InChI is InChI=1S/C17H13ClFN3O/c1-22-15-7-6-10(19)8-12(15)16(21-14(9-20)17(22)23)11-4-2-3-5-13(11)18/h2-9H,20H2,1H3. The van der Waals surface area contributed by atoms with E-state index in [4.69, 9.17) is 17.3 Å². The predicted octanol–water partition coefficient (Wildman–Crippen LogP) is 3.09. The van der Waals surface area contributed by atoms with Crippen LogP contribution in [0.3, 0.4) is 0 Å². The Bertz CT molecular complexity index is 861. The van der Waals surface area contributed by atoms with E-state index in [1.807, 2.05) is 0 Å². The molecule has 2 N–H and O–H groups in total. The van der Waals surface area contributed by atoms with Gasteiger partial charge in [0, 0.05) is 29.4 Å². The first-order chi connectivity index (χ1) is 11.0. The molecule has 0 saturated heterocycles. The average molecular weight is 330 g/mol. The largest absolute Gasteiger partial charge is 0.403 e. The Labute approximate surface area is 137 Å². The van der Waals surface area contributed by atoms with Gasteiger partial charge in [0.15, 0.2) is 0 Å². The third kappa shape index (κ3) is 2.59. The Morgan fingerprint density at radius 3 is 2.65 bits per heavy atom. The maximum Gasteiger partial charge on any atom is 0.278 e. The van der Waals surface area contributed by atoms with Crippen LogP contribution in [0.1, 0.15) is 11.1 Å². The first kappa shape index (κ1) is 15.2. The summed E-state index contributed by atoms with van der Waals surface area (Å²) in [6.07, 6.45) is 1.14. The molecule has 4 nitrogen and oxygen atoms in total. The Morgan fingerprint density at radius 2 is 1.96 bits per heavy atom. The molecule has 2 aromatic carbocycles. The van der Waals surface area contributed by atoms with Gasteiger partial charge in [-0.1, -0.05) is 29.8 Å². The summed E-state index contributed by atoms with van der Waals surface area (Å²) in [7, 11) is 1.59. The van der Waals surface area contributed by atoms with Crippen LogP contribution < -0.4 is 10.6 Å². The highest BCUT2D eigenvalue weighted by Crippen LogP contribution is 2.31. The number of aliphatic imine (C=N–C) groups is 1. The highest BCUT2D eigenvalue weighted by Gasteiger charge is 2.27. The summed E-state index contributed by atoms with van der Waals surface area (Å²) in [4.78, 5) is 18.2. The van der Waals surface area contributed by atoms with Crippen LogP contribution in [0.5, 0.6) is 0 Å². The van der Waals surface area contributed by atoms with Crippen LogP contribution in [-0.4, -0.2) is 18.7 Å². The van der Waals surface area contributed by atoms with Gasteiger partial charge in [-0.05, 0) is 24.3 Å². The maximum atomic E-state index is 13.8. The minimum Gasteiger partial charge on any atom is -0.403 e. The van der Waals surface area contributed by atoms with Crippen molar-refractivity contribution in [3.8, 4) is 0 Å². The van der Waals surface area contributed by atoms with E-state index in [9.17, 15) is 9.18 Å². The number of hydrogen-bond acceptors (Lipinski definition) is 3. The summed E-state index contributed by atoms with van der Waals surface area (Å²) in [5.74, 6) is -0.799. The van der Waals surface area contributed by atoms with E-state index in [1.54, 1.807) is 31.3 Å². The van der Waals surface area contributed by atoms with Gasteiger partial charge < -0.3 is 10.6 Å². The second-order valence-electron chi connectivity index (χ2n) is 5.02. The van der Waals surface area contributed by atoms with Crippen LogP contribution in [0.2, 0.25) is 5.02 Å².